The molecule has 2 aromatic rings. The van der Waals surface area contributed by atoms with Crippen molar-refractivity contribution < 1.29 is 14.3 Å². The van der Waals surface area contributed by atoms with Crippen molar-refractivity contribution in [2.45, 2.75) is 12.8 Å². The Hall–Kier alpha value is -2.63. The van der Waals surface area contributed by atoms with Gasteiger partial charge in [0.15, 0.2) is 6.61 Å². The molecule has 6 heteroatoms. The molecule has 110 valence electrons. The largest absolute Gasteiger partial charge is 0.439 e. The molecule has 0 fully saturated rings. The van der Waals surface area contributed by atoms with E-state index in [1.165, 1.54) is 5.56 Å². The quantitative estimate of drug-likeness (QED) is 0.785. The van der Waals surface area contributed by atoms with E-state index >= 15 is 0 Å². The number of hydrogen-bond donors (Lipinski definition) is 2. The van der Waals surface area contributed by atoms with Gasteiger partial charge in [0.25, 0.3) is 5.91 Å². The van der Waals surface area contributed by atoms with E-state index < -0.39 is 18.6 Å². The molecule has 1 heterocycles. The lowest BCUT2D eigenvalue weighted by Gasteiger charge is -2.07. The molecular formula is C15H17N3O3. The van der Waals surface area contributed by atoms with Crippen molar-refractivity contribution >= 4 is 22.9 Å². The second-order valence-electron chi connectivity index (χ2n) is 4.56. The Labute approximate surface area is 122 Å². The average Bonchev–Trinajstić information content (AvgIpc) is 2.49. The summed E-state index contributed by atoms with van der Waals surface area (Å²) in [5.74, 6) is -0.673. The highest BCUT2D eigenvalue weighted by molar-refractivity contribution is 5.81. The van der Waals surface area contributed by atoms with Crippen LogP contribution in [0.15, 0.2) is 36.5 Å². The molecule has 2 amide bonds. The number of rotatable bonds is 6. The predicted octanol–water partition coefficient (Wildman–Crippen LogP) is 1.38. The summed E-state index contributed by atoms with van der Waals surface area (Å²) < 4.78 is 4.59. The zero-order valence-corrected chi connectivity index (χ0v) is 11.5. The van der Waals surface area contributed by atoms with Gasteiger partial charge < -0.3 is 15.8 Å². The minimum Gasteiger partial charge on any atom is -0.439 e. The number of para-hydroxylation sites is 1. The maximum Gasteiger partial charge on any atom is 0.407 e. The van der Waals surface area contributed by atoms with Crippen molar-refractivity contribution in [3.8, 4) is 0 Å². The average molecular weight is 287 g/mol. The fourth-order valence-corrected chi connectivity index (χ4v) is 2.03. The Balaban J connectivity index is 1.80. The molecule has 21 heavy (non-hydrogen) atoms. The molecule has 0 aliphatic rings. The van der Waals surface area contributed by atoms with Gasteiger partial charge in [-0.2, -0.15) is 0 Å². The fraction of sp³-hybridized carbons (Fsp3) is 0.267. The van der Waals surface area contributed by atoms with E-state index in [-0.39, 0.29) is 0 Å². The molecule has 0 saturated carbocycles. The molecule has 6 nitrogen and oxygen atoms in total. The number of amides is 2. The second kappa shape index (κ2) is 7.23. The molecule has 0 atom stereocenters. The number of alkyl carbamates (subject to hydrolysis) is 1. The number of hydrogen-bond acceptors (Lipinski definition) is 4. The normalized spacial score (nSPS) is 10.3. The van der Waals surface area contributed by atoms with Gasteiger partial charge in [-0.25, -0.2) is 4.79 Å². The van der Waals surface area contributed by atoms with E-state index in [0.717, 1.165) is 23.7 Å². The number of benzene rings is 1. The number of nitrogens with zero attached hydrogens (tertiary/aromatic N) is 1. The first-order valence-electron chi connectivity index (χ1n) is 6.68. The van der Waals surface area contributed by atoms with Crippen molar-refractivity contribution in [3.05, 3.63) is 42.1 Å². The van der Waals surface area contributed by atoms with Crippen LogP contribution in [0.4, 0.5) is 4.79 Å². The van der Waals surface area contributed by atoms with Crippen LogP contribution in [0.2, 0.25) is 0 Å². The van der Waals surface area contributed by atoms with Crippen molar-refractivity contribution in [1.82, 2.24) is 10.3 Å². The predicted molar refractivity (Wildman–Crippen MR) is 78.6 cm³/mol. The van der Waals surface area contributed by atoms with Gasteiger partial charge in [-0.05, 0) is 30.5 Å². The topological polar surface area (TPSA) is 94.3 Å². The van der Waals surface area contributed by atoms with E-state index in [2.05, 4.69) is 15.0 Å². The summed E-state index contributed by atoms with van der Waals surface area (Å²) in [6.45, 7) is 0.0646. The molecule has 0 spiro atoms. The van der Waals surface area contributed by atoms with Crippen molar-refractivity contribution in [2.75, 3.05) is 13.2 Å². The standard InChI is InChI=1S/C15H17N3O3/c16-14(19)10-21-15(20)18-8-3-4-11-7-9-17-13-6-2-1-5-12(11)13/h1-2,5-7,9H,3-4,8,10H2,(H2,16,19)(H,18,20). The summed E-state index contributed by atoms with van der Waals surface area (Å²) in [5.41, 5.74) is 7.02. The third-order valence-electron chi connectivity index (χ3n) is 2.98. The summed E-state index contributed by atoms with van der Waals surface area (Å²) in [6.07, 6.45) is 2.73. The Kier molecular flexibility index (Phi) is 5.09. The Morgan fingerprint density at radius 1 is 1.24 bits per heavy atom. The monoisotopic (exact) mass is 287 g/mol. The van der Waals surface area contributed by atoms with Crippen molar-refractivity contribution in [1.29, 1.82) is 0 Å². The van der Waals surface area contributed by atoms with Crippen molar-refractivity contribution in [2.24, 2.45) is 5.73 Å². The molecule has 1 aromatic heterocycles. The van der Waals surface area contributed by atoms with E-state index in [0.29, 0.717) is 6.54 Å². The first-order chi connectivity index (χ1) is 10.2. The van der Waals surface area contributed by atoms with Gasteiger partial charge in [-0.3, -0.25) is 9.78 Å². The number of carbonyl (C=O) groups is 2. The number of aryl methyl sites for hydroxylation is 1. The Morgan fingerprint density at radius 3 is 2.86 bits per heavy atom. The molecule has 2 rings (SSSR count). The number of ether oxygens (including phenoxy) is 1. The zero-order chi connectivity index (χ0) is 15.1. The van der Waals surface area contributed by atoms with Gasteiger partial charge in [0.05, 0.1) is 5.52 Å². The molecule has 0 aliphatic carbocycles. The number of pyridine rings is 1. The number of nitrogens with one attached hydrogen (secondary N) is 1. The maximum atomic E-state index is 11.2. The van der Waals surface area contributed by atoms with Crippen LogP contribution >= 0.6 is 0 Å². The summed E-state index contributed by atoms with van der Waals surface area (Å²) in [5, 5.41) is 3.69. The first kappa shape index (κ1) is 14.8. The van der Waals surface area contributed by atoms with Crippen LogP contribution in [-0.4, -0.2) is 30.1 Å². The van der Waals surface area contributed by atoms with Crippen LogP contribution in [0.3, 0.4) is 0 Å². The minimum atomic E-state index is -0.673. The SMILES string of the molecule is NC(=O)COC(=O)NCCCc1ccnc2ccccc12. The van der Waals surface area contributed by atoms with Crippen molar-refractivity contribution in [3.63, 3.8) is 0 Å². The maximum absolute atomic E-state index is 11.2. The first-order valence-corrected chi connectivity index (χ1v) is 6.68. The lowest BCUT2D eigenvalue weighted by molar-refractivity contribution is -0.120. The van der Waals surface area contributed by atoms with Gasteiger partial charge in [-0.1, -0.05) is 18.2 Å². The second-order valence-corrected chi connectivity index (χ2v) is 4.56. The number of primary amides is 1. The van der Waals surface area contributed by atoms with Gasteiger partial charge in [0.2, 0.25) is 0 Å². The highest BCUT2D eigenvalue weighted by atomic mass is 16.6. The number of nitrogens with two attached hydrogens (primary N) is 1. The van der Waals surface area contributed by atoms with Crippen LogP contribution in [0.5, 0.6) is 0 Å². The molecule has 0 unspecified atom stereocenters. The lowest BCUT2D eigenvalue weighted by atomic mass is 10.0. The van der Waals surface area contributed by atoms with Crippen LogP contribution in [-0.2, 0) is 16.0 Å². The lowest BCUT2D eigenvalue weighted by Crippen LogP contribution is -2.29. The summed E-state index contributed by atoms with van der Waals surface area (Å²) >= 11 is 0. The van der Waals surface area contributed by atoms with Crippen LogP contribution in [0.1, 0.15) is 12.0 Å². The third kappa shape index (κ3) is 4.45. The van der Waals surface area contributed by atoms with Crippen LogP contribution < -0.4 is 11.1 Å². The van der Waals surface area contributed by atoms with Gasteiger partial charge in [-0.15, -0.1) is 0 Å². The molecule has 0 saturated heterocycles. The Bertz CT molecular complexity index is 638. The summed E-state index contributed by atoms with van der Waals surface area (Å²) in [4.78, 5) is 26.0. The number of aromatic nitrogens is 1. The smallest absolute Gasteiger partial charge is 0.407 e. The highest BCUT2D eigenvalue weighted by Crippen LogP contribution is 2.17. The molecular weight excluding hydrogens is 270 g/mol. The van der Waals surface area contributed by atoms with Crippen LogP contribution in [0.25, 0.3) is 10.9 Å². The van der Waals surface area contributed by atoms with E-state index in [1.54, 1.807) is 6.20 Å². The van der Waals surface area contributed by atoms with E-state index in [4.69, 9.17) is 5.73 Å². The van der Waals surface area contributed by atoms with Gasteiger partial charge >= 0.3 is 6.09 Å². The van der Waals surface area contributed by atoms with Crippen LogP contribution in [0, 0.1) is 0 Å². The summed E-state index contributed by atoms with van der Waals surface area (Å²) in [6, 6.07) is 9.92. The zero-order valence-electron chi connectivity index (χ0n) is 11.5. The third-order valence-corrected chi connectivity index (χ3v) is 2.98. The molecule has 0 radical (unpaired) electrons. The number of fused-ring (bicyclic) bond motifs is 1. The van der Waals surface area contributed by atoms with E-state index in [9.17, 15) is 9.59 Å². The number of carbonyl (C=O) groups excluding carboxylic acids is 2. The fourth-order valence-electron chi connectivity index (χ4n) is 2.03. The van der Waals surface area contributed by atoms with Gasteiger partial charge in [0, 0.05) is 18.1 Å². The minimum absolute atomic E-state index is 0.402. The molecule has 3 N–H and O–H groups in total. The van der Waals surface area contributed by atoms with Gasteiger partial charge in [0.1, 0.15) is 0 Å². The molecule has 0 aliphatic heterocycles. The highest BCUT2D eigenvalue weighted by Gasteiger charge is 2.04. The Morgan fingerprint density at radius 2 is 2.05 bits per heavy atom. The molecule has 1 aromatic carbocycles. The summed E-state index contributed by atoms with van der Waals surface area (Å²) in [7, 11) is 0. The molecule has 0 bridgehead atoms. The van der Waals surface area contributed by atoms with E-state index in [1.807, 2.05) is 30.3 Å².